The van der Waals surface area contributed by atoms with Crippen LogP contribution in [0.25, 0.3) is 0 Å². The third kappa shape index (κ3) is 6.29. The zero-order valence-corrected chi connectivity index (χ0v) is 10.7. The monoisotopic (exact) mass is 254 g/mol. The van der Waals surface area contributed by atoms with E-state index in [1.807, 2.05) is 24.3 Å². The Labute approximate surface area is 107 Å². The molecule has 3 N–H and O–H groups in total. The highest BCUT2D eigenvalue weighted by Crippen LogP contribution is 2.10. The first-order valence-corrected chi connectivity index (χ1v) is 6.31. The van der Waals surface area contributed by atoms with Gasteiger partial charge in [0.25, 0.3) is 0 Å². The summed E-state index contributed by atoms with van der Waals surface area (Å²) in [5, 5.41) is 3.60. The Balaban J connectivity index is 2.17. The number of carbonyl (C=O) groups excluding carboxylic acids is 1. The van der Waals surface area contributed by atoms with Crippen LogP contribution in [0.2, 0.25) is 5.02 Å². The van der Waals surface area contributed by atoms with Crippen LogP contribution in [-0.4, -0.2) is 19.0 Å². The number of unbranched alkanes of at least 4 members (excludes halogenated alkanes) is 1. The number of hydrogen-bond donors (Lipinski definition) is 2. The summed E-state index contributed by atoms with van der Waals surface area (Å²) in [4.78, 5) is 11.5. The van der Waals surface area contributed by atoms with Crippen molar-refractivity contribution in [1.29, 1.82) is 0 Å². The van der Waals surface area contributed by atoms with Crippen LogP contribution in [0.1, 0.15) is 24.8 Å². The standard InChI is InChI=1S/C13H19ClN2O/c14-12-6-3-11(4-7-12)5-8-13(17)16-10-2-1-9-15/h3-4,6-7H,1-2,5,8-10,15H2,(H,16,17). The van der Waals surface area contributed by atoms with E-state index < -0.39 is 0 Å². The molecule has 0 aliphatic heterocycles. The zero-order valence-electron chi connectivity index (χ0n) is 9.92. The van der Waals surface area contributed by atoms with Gasteiger partial charge in [-0.3, -0.25) is 4.79 Å². The summed E-state index contributed by atoms with van der Waals surface area (Å²) >= 11 is 5.78. The molecule has 3 nitrogen and oxygen atoms in total. The highest BCUT2D eigenvalue weighted by molar-refractivity contribution is 6.30. The lowest BCUT2D eigenvalue weighted by atomic mass is 10.1. The number of carbonyl (C=O) groups is 1. The molecule has 0 radical (unpaired) electrons. The van der Waals surface area contributed by atoms with E-state index in [1.165, 1.54) is 0 Å². The maximum atomic E-state index is 11.5. The molecule has 1 aromatic rings. The summed E-state index contributed by atoms with van der Waals surface area (Å²) < 4.78 is 0. The van der Waals surface area contributed by atoms with Gasteiger partial charge in [0.05, 0.1) is 0 Å². The summed E-state index contributed by atoms with van der Waals surface area (Å²) in [7, 11) is 0. The van der Waals surface area contributed by atoms with E-state index in [0.717, 1.165) is 36.4 Å². The van der Waals surface area contributed by atoms with Gasteiger partial charge in [0, 0.05) is 18.0 Å². The SMILES string of the molecule is NCCCCNC(=O)CCc1ccc(Cl)cc1. The molecule has 0 atom stereocenters. The predicted molar refractivity (Wildman–Crippen MR) is 71.1 cm³/mol. The van der Waals surface area contributed by atoms with Gasteiger partial charge in [-0.1, -0.05) is 23.7 Å². The molecule has 0 aliphatic rings. The van der Waals surface area contributed by atoms with Gasteiger partial charge in [-0.05, 0) is 43.5 Å². The van der Waals surface area contributed by atoms with Crippen LogP contribution >= 0.6 is 11.6 Å². The zero-order chi connectivity index (χ0) is 12.5. The fraction of sp³-hybridized carbons (Fsp3) is 0.462. The molecule has 4 heteroatoms. The summed E-state index contributed by atoms with van der Waals surface area (Å²) in [5.41, 5.74) is 6.50. The van der Waals surface area contributed by atoms with Crippen LogP contribution in [-0.2, 0) is 11.2 Å². The molecule has 0 fully saturated rings. The van der Waals surface area contributed by atoms with E-state index in [4.69, 9.17) is 17.3 Å². The number of benzene rings is 1. The molecule has 1 rings (SSSR count). The molecular weight excluding hydrogens is 236 g/mol. The molecule has 0 saturated heterocycles. The van der Waals surface area contributed by atoms with Crippen molar-refractivity contribution in [2.45, 2.75) is 25.7 Å². The van der Waals surface area contributed by atoms with E-state index in [1.54, 1.807) is 0 Å². The van der Waals surface area contributed by atoms with Gasteiger partial charge in [0.15, 0.2) is 0 Å². The van der Waals surface area contributed by atoms with Crippen LogP contribution in [0.15, 0.2) is 24.3 Å². The Bertz CT molecular complexity index is 338. The predicted octanol–water partition coefficient (Wildman–Crippen LogP) is 2.13. The lowest BCUT2D eigenvalue weighted by molar-refractivity contribution is -0.121. The highest BCUT2D eigenvalue weighted by Gasteiger charge is 2.01. The molecule has 0 aromatic heterocycles. The minimum atomic E-state index is 0.0944. The smallest absolute Gasteiger partial charge is 0.220 e. The van der Waals surface area contributed by atoms with Crippen LogP contribution in [0, 0.1) is 0 Å². The average molecular weight is 255 g/mol. The summed E-state index contributed by atoms with van der Waals surface area (Å²) in [6, 6.07) is 7.58. The van der Waals surface area contributed by atoms with E-state index >= 15 is 0 Å². The second-order valence-corrected chi connectivity index (χ2v) is 4.41. The van der Waals surface area contributed by atoms with Crippen LogP contribution < -0.4 is 11.1 Å². The number of halogens is 1. The average Bonchev–Trinajstić information content (AvgIpc) is 2.34. The Morgan fingerprint density at radius 3 is 2.59 bits per heavy atom. The second-order valence-electron chi connectivity index (χ2n) is 3.97. The molecule has 0 saturated carbocycles. The van der Waals surface area contributed by atoms with Gasteiger partial charge in [0.1, 0.15) is 0 Å². The quantitative estimate of drug-likeness (QED) is 0.733. The Morgan fingerprint density at radius 1 is 1.24 bits per heavy atom. The number of rotatable bonds is 7. The molecule has 0 spiro atoms. The minimum Gasteiger partial charge on any atom is -0.356 e. The first-order valence-electron chi connectivity index (χ1n) is 5.93. The molecule has 94 valence electrons. The maximum absolute atomic E-state index is 11.5. The number of aryl methyl sites for hydroxylation is 1. The number of nitrogens with two attached hydrogens (primary N) is 1. The normalized spacial score (nSPS) is 10.2. The van der Waals surface area contributed by atoms with E-state index in [9.17, 15) is 4.79 Å². The highest BCUT2D eigenvalue weighted by atomic mass is 35.5. The third-order valence-corrected chi connectivity index (χ3v) is 2.76. The maximum Gasteiger partial charge on any atom is 0.220 e. The molecule has 17 heavy (non-hydrogen) atoms. The fourth-order valence-corrected chi connectivity index (χ4v) is 1.62. The Kier molecular flexibility index (Phi) is 6.67. The molecule has 0 heterocycles. The molecular formula is C13H19ClN2O. The van der Waals surface area contributed by atoms with Crippen molar-refractivity contribution in [2.24, 2.45) is 5.73 Å². The summed E-state index contributed by atoms with van der Waals surface area (Å²) in [6.45, 7) is 1.40. The fourth-order valence-electron chi connectivity index (χ4n) is 1.49. The van der Waals surface area contributed by atoms with Gasteiger partial charge < -0.3 is 11.1 Å². The number of amides is 1. The van der Waals surface area contributed by atoms with Crippen molar-refractivity contribution in [1.82, 2.24) is 5.32 Å². The van der Waals surface area contributed by atoms with Gasteiger partial charge in [0.2, 0.25) is 5.91 Å². The van der Waals surface area contributed by atoms with E-state index in [2.05, 4.69) is 5.32 Å². The van der Waals surface area contributed by atoms with Crippen molar-refractivity contribution < 1.29 is 4.79 Å². The molecule has 1 amide bonds. The second kappa shape index (κ2) is 8.09. The van der Waals surface area contributed by atoms with Gasteiger partial charge in [-0.25, -0.2) is 0 Å². The van der Waals surface area contributed by atoms with Crippen molar-refractivity contribution in [3.05, 3.63) is 34.9 Å². The van der Waals surface area contributed by atoms with Gasteiger partial charge >= 0.3 is 0 Å². The summed E-state index contributed by atoms with van der Waals surface area (Å²) in [5.74, 6) is 0.0944. The van der Waals surface area contributed by atoms with E-state index in [-0.39, 0.29) is 5.91 Å². The van der Waals surface area contributed by atoms with Crippen molar-refractivity contribution in [2.75, 3.05) is 13.1 Å². The topological polar surface area (TPSA) is 55.1 Å². The molecule has 0 unspecified atom stereocenters. The molecule has 0 aliphatic carbocycles. The lowest BCUT2D eigenvalue weighted by Crippen LogP contribution is -2.25. The molecule has 0 bridgehead atoms. The minimum absolute atomic E-state index is 0.0944. The first kappa shape index (κ1) is 14.0. The van der Waals surface area contributed by atoms with E-state index in [0.29, 0.717) is 13.0 Å². The molecule has 1 aromatic carbocycles. The van der Waals surface area contributed by atoms with Crippen LogP contribution in [0.5, 0.6) is 0 Å². The Hall–Kier alpha value is -1.06. The number of nitrogens with one attached hydrogen (secondary N) is 1. The Morgan fingerprint density at radius 2 is 1.94 bits per heavy atom. The third-order valence-electron chi connectivity index (χ3n) is 2.51. The lowest BCUT2D eigenvalue weighted by Gasteiger charge is -2.04. The van der Waals surface area contributed by atoms with Crippen molar-refractivity contribution in [3.63, 3.8) is 0 Å². The van der Waals surface area contributed by atoms with Gasteiger partial charge in [-0.2, -0.15) is 0 Å². The van der Waals surface area contributed by atoms with Crippen molar-refractivity contribution >= 4 is 17.5 Å². The summed E-state index contributed by atoms with van der Waals surface area (Å²) in [6.07, 6.45) is 3.17. The van der Waals surface area contributed by atoms with Crippen LogP contribution in [0.3, 0.4) is 0 Å². The first-order chi connectivity index (χ1) is 8.22. The van der Waals surface area contributed by atoms with Crippen molar-refractivity contribution in [3.8, 4) is 0 Å². The number of hydrogen-bond acceptors (Lipinski definition) is 2. The largest absolute Gasteiger partial charge is 0.356 e. The van der Waals surface area contributed by atoms with Gasteiger partial charge in [-0.15, -0.1) is 0 Å². The van der Waals surface area contributed by atoms with Crippen LogP contribution in [0.4, 0.5) is 0 Å².